The summed E-state index contributed by atoms with van der Waals surface area (Å²) in [6.07, 6.45) is -0.539. The zero-order valence-corrected chi connectivity index (χ0v) is 18.8. The molecule has 0 heterocycles. The van der Waals surface area contributed by atoms with Crippen molar-refractivity contribution in [2.75, 3.05) is 0 Å². The maximum absolute atomic E-state index is 12.8. The SMILES string of the molecule is CC[C@H](C)[C@H](NC(=O)[C@H](CCC(=O)O)NC(=O)[C@@H](N)C(C)C)C(=O)NC(C=O)CC(=O)O. The number of aliphatic carboxylic acids is 2. The smallest absolute Gasteiger partial charge is 0.305 e. The van der Waals surface area contributed by atoms with Gasteiger partial charge in [-0.2, -0.15) is 0 Å². The summed E-state index contributed by atoms with van der Waals surface area (Å²) in [6.45, 7) is 6.84. The Hall–Kier alpha value is -3.02. The Morgan fingerprint density at radius 1 is 0.906 bits per heavy atom. The lowest BCUT2D eigenvalue weighted by Crippen LogP contribution is -2.58. The third kappa shape index (κ3) is 10.3. The predicted molar refractivity (Wildman–Crippen MR) is 113 cm³/mol. The molecule has 0 aliphatic carbocycles. The third-order valence-electron chi connectivity index (χ3n) is 4.98. The van der Waals surface area contributed by atoms with Crippen LogP contribution < -0.4 is 21.7 Å². The van der Waals surface area contributed by atoms with Crippen LogP contribution in [0.25, 0.3) is 0 Å². The molecule has 12 heteroatoms. The van der Waals surface area contributed by atoms with Crippen molar-refractivity contribution in [3.05, 3.63) is 0 Å². The number of nitrogens with two attached hydrogens (primary N) is 1. The number of aldehydes is 1. The molecule has 0 saturated heterocycles. The quantitative estimate of drug-likeness (QED) is 0.166. The standard InChI is InChI=1S/C20H34N4O8/c1-5-11(4)17(20(32)22-12(9-25)8-15(28)29)24-18(30)13(6-7-14(26)27)23-19(31)16(21)10(2)3/h9-13,16-17H,5-8,21H2,1-4H3,(H,22,32)(H,23,31)(H,24,30)(H,26,27)(H,28,29)/t11-,12?,13-,16-,17-/m0/s1. The van der Waals surface area contributed by atoms with E-state index in [-0.39, 0.29) is 18.6 Å². The van der Waals surface area contributed by atoms with Gasteiger partial charge in [-0.1, -0.05) is 34.1 Å². The predicted octanol–water partition coefficient (Wildman–Crippen LogP) is -0.991. The summed E-state index contributed by atoms with van der Waals surface area (Å²) >= 11 is 0. The summed E-state index contributed by atoms with van der Waals surface area (Å²) in [4.78, 5) is 70.7. The van der Waals surface area contributed by atoms with E-state index in [0.717, 1.165) is 0 Å². The van der Waals surface area contributed by atoms with Gasteiger partial charge in [0.05, 0.1) is 18.5 Å². The van der Waals surface area contributed by atoms with Gasteiger partial charge in [0.15, 0.2) is 0 Å². The van der Waals surface area contributed by atoms with Gasteiger partial charge in [-0.15, -0.1) is 0 Å². The van der Waals surface area contributed by atoms with Gasteiger partial charge in [-0.3, -0.25) is 24.0 Å². The average molecular weight is 459 g/mol. The van der Waals surface area contributed by atoms with E-state index in [4.69, 9.17) is 15.9 Å². The second-order valence-corrected chi connectivity index (χ2v) is 7.98. The Morgan fingerprint density at radius 2 is 1.50 bits per heavy atom. The van der Waals surface area contributed by atoms with E-state index in [1.807, 2.05) is 0 Å². The van der Waals surface area contributed by atoms with Crippen molar-refractivity contribution in [1.82, 2.24) is 16.0 Å². The maximum atomic E-state index is 12.8. The first-order valence-electron chi connectivity index (χ1n) is 10.4. The highest BCUT2D eigenvalue weighted by molar-refractivity contribution is 5.94. The zero-order chi connectivity index (χ0) is 25.0. The average Bonchev–Trinajstić information content (AvgIpc) is 2.71. The number of carbonyl (C=O) groups excluding carboxylic acids is 4. The third-order valence-corrected chi connectivity index (χ3v) is 4.98. The van der Waals surface area contributed by atoms with E-state index >= 15 is 0 Å². The molecular formula is C20H34N4O8. The number of hydrogen-bond donors (Lipinski definition) is 6. The Morgan fingerprint density at radius 3 is 1.94 bits per heavy atom. The van der Waals surface area contributed by atoms with Crippen molar-refractivity contribution in [3.8, 4) is 0 Å². The lowest BCUT2D eigenvalue weighted by atomic mass is 9.97. The second-order valence-electron chi connectivity index (χ2n) is 7.98. The molecule has 0 aromatic heterocycles. The highest BCUT2D eigenvalue weighted by Gasteiger charge is 2.32. The van der Waals surface area contributed by atoms with Crippen LogP contribution in [0.2, 0.25) is 0 Å². The first kappa shape index (κ1) is 29.0. The van der Waals surface area contributed by atoms with E-state index in [1.54, 1.807) is 27.7 Å². The molecule has 182 valence electrons. The van der Waals surface area contributed by atoms with E-state index < -0.39 is 72.6 Å². The molecule has 0 aliphatic rings. The van der Waals surface area contributed by atoms with Gasteiger partial charge < -0.3 is 36.7 Å². The molecule has 32 heavy (non-hydrogen) atoms. The van der Waals surface area contributed by atoms with Crippen molar-refractivity contribution in [3.63, 3.8) is 0 Å². The van der Waals surface area contributed by atoms with Gasteiger partial charge >= 0.3 is 11.9 Å². The molecule has 0 fully saturated rings. The summed E-state index contributed by atoms with van der Waals surface area (Å²) < 4.78 is 0. The molecule has 12 nitrogen and oxygen atoms in total. The number of rotatable bonds is 15. The van der Waals surface area contributed by atoms with Gasteiger partial charge in [0.1, 0.15) is 18.4 Å². The molecule has 7 N–H and O–H groups in total. The Bertz CT molecular complexity index is 697. The number of carboxylic acid groups (broad SMARTS) is 2. The summed E-state index contributed by atoms with van der Waals surface area (Å²) in [5.74, 6) is -5.31. The van der Waals surface area contributed by atoms with Crippen molar-refractivity contribution in [2.45, 2.75) is 77.5 Å². The van der Waals surface area contributed by atoms with Crippen molar-refractivity contribution in [1.29, 1.82) is 0 Å². The van der Waals surface area contributed by atoms with Gasteiger partial charge in [0, 0.05) is 6.42 Å². The lowest BCUT2D eigenvalue weighted by molar-refractivity contribution is -0.140. The van der Waals surface area contributed by atoms with Crippen LogP contribution in [0.4, 0.5) is 0 Å². The normalized spacial score (nSPS) is 15.6. The zero-order valence-electron chi connectivity index (χ0n) is 18.8. The van der Waals surface area contributed by atoms with Crippen LogP contribution in [0.15, 0.2) is 0 Å². The van der Waals surface area contributed by atoms with Crippen LogP contribution in [0.3, 0.4) is 0 Å². The number of amides is 3. The van der Waals surface area contributed by atoms with E-state index in [1.165, 1.54) is 0 Å². The monoisotopic (exact) mass is 458 g/mol. The van der Waals surface area contributed by atoms with Crippen LogP contribution in [0.5, 0.6) is 0 Å². The second kappa shape index (κ2) is 14.1. The summed E-state index contributed by atoms with van der Waals surface area (Å²) in [5, 5.41) is 25.0. The first-order valence-corrected chi connectivity index (χ1v) is 10.4. The molecule has 0 aromatic carbocycles. The fourth-order valence-electron chi connectivity index (χ4n) is 2.66. The molecule has 1 unspecified atom stereocenters. The van der Waals surface area contributed by atoms with Crippen molar-refractivity contribution >= 4 is 35.9 Å². The minimum Gasteiger partial charge on any atom is -0.481 e. The lowest BCUT2D eigenvalue weighted by Gasteiger charge is -2.28. The number of hydrogen-bond acceptors (Lipinski definition) is 7. The largest absolute Gasteiger partial charge is 0.481 e. The molecule has 0 aromatic rings. The summed E-state index contributed by atoms with van der Waals surface area (Å²) in [5.41, 5.74) is 5.79. The molecule has 0 bridgehead atoms. The van der Waals surface area contributed by atoms with Crippen LogP contribution >= 0.6 is 0 Å². The Balaban J connectivity index is 5.55. The van der Waals surface area contributed by atoms with Gasteiger partial charge in [0.2, 0.25) is 17.7 Å². The fourth-order valence-corrected chi connectivity index (χ4v) is 2.66. The van der Waals surface area contributed by atoms with Crippen LogP contribution in [0, 0.1) is 11.8 Å². The molecule has 0 rings (SSSR count). The first-order chi connectivity index (χ1) is 14.8. The highest BCUT2D eigenvalue weighted by Crippen LogP contribution is 2.10. The fraction of sp³-hybridized carbons (Fsp3) is 0.700. The number of carboxylic acids is 2. The number of carbonyl (C=O) groups is 6. The van der Waals surface area contributed by atoms with E-state index in [2.05, 4.69) is 16.0 Å². The maximum Gasteiger partial charge on any atom is 0.305 e. The molecule has 0 saturated carbocycles. The number of nitrogens with one attached hydrogen (secondary N) is 3. The summed E-state index contributed by atoms with van der Waals surface area (Å²) in [7, 11) is 0. The van der Waals surface area contributed by atoms with Crippen molar-refractivity contribution in [2.24, 2.45) is 17.6 Å². The van der Waals surface area contributed by atoms with E-state index in [9.17, 15) is 28.8 Å². The van der Waals surface area contributed by atoms with Crippen LogP contribution in [-0.2, 0) is 28.8 Å². The molecule has 0 radical (unpaired) electrons. The minimum atomic E-state index is -1.29. The molecular weight excluding hydrogens is 424 g/mol. The van der Waals surface area contributed by atoms with Gasteiger partial charge in [-0.25, -0.2) is 0 Å². The summed E-state index contributed by atoms with van der Waals surface area (Å²) in [6, 6.07) is -4.61. The molecule has 5 atom stereocenters. The topological polar surface area (TPSA) is 205 Å². The Kier molecular flexibility index (Phi) is 12.8. The van der Waals surface area contributed by atoms with Crippen LogP contribution in [-0.4, -0.2) is 70.3 Å². The molecule has 3 amide bonds. The highest BCUT2D eigenvalue weighted by atomic mass is 16.4. The van der Waals surface area contributed by atoms with Gasteiger partial charge in [-0.05, 0) is 18.3 Å². The molecule has 0 spiro atoms. The van der Waals surface area contributed by atoms with Gasteiger partial charge in [0.25, 0.3) is 0 Å². The van der Waals surface area contributed by atoms with Crippen LogP contribution in [0.1, 0.15) is 53.4 Å². The molecule has 0 aliphatic heterocycles. The van der Waals surface area contributed by atoms with E-state index in [0.29, 0.717) is 6.42 Å². The Labute approximate surface area is 186 Å². The van der Waals surface area contributed by atoms with Crippen molar-refractivity contribution < 1.29 is 39.0 Å². The minimum absolute atomic E-state index is 0.230.